The zero-order valence-electron chi connectivity index (χ0n) is 12.4. The van der Waals surface area contributed by atoms with E-state index in [-0.39, 0.29) is 0 Å². The van der Waals surface area contributed by atoms with Gasteiger partial charge in [0.2, 0.25) is 5.91 Å². The summed E-state index contributed by atoms with van der Waals surface area (Å²) in [6, 6.07) is 6.42. The van der Waals surface area contributed by atoms with Crippen molar-refractivity contribution in [2.45, 2.75) is 26.2 Å². The van der Waals surface area contributed by atoms with Crippen LogP contribution in [0, 0.1) is 12.8 Å². The molecule has 1 fully saturated rings. The number of H-pyrrole nitrogens is 1. The van der Waals surface area contributed by atoms with Crippen molar-refractivity contribution >= 4 is 22.4 Å². The summed E-state index contributed by atoms with van der Waals surface area (Å²) in [5, 5.41) is 1.29. The molecule has 1 saturated carbocycles. The number of rotatable bonds is 2. The van der Waals surface area contributed by atoms with Gasteiger partial charge in [-0.3, -0.25) is 4.79 Å². The van der Waals surface area contributed by atoms with Crippen molar-refractivity contribution in [1.82, 2.24) is 9.88 Å². The van der Waals surface area contributed by atoms with Crippen molar-refractivity contribution in [2.75, 3.05) is 13.1 Å². The number of fused-ring (bicyclic) bond motifs is 1. The van der Waals surface area contributed by atoms with E-state index in [1.165, 1.54) is 27.6 Å². The molecule has 3 heteroatoms. The van der Waals surface area contributed by atoms with Crippen molar-refractivity contribution in [2.24, 2.45) is 5.92 Å². The van der Waals surface area contributed by atoms with Crippen LogP contribution in [-0.2, 0) is 4.79 Å². The Bertz CT molecular complexity index is 737. The average Bonchev–Trinajstić information content (AvgIpc) is 3.27. The normalized spacial score (nSPS) is 18.9. The molecule has 0 bridgehead atoms. The van der Waals surface area contributed by atoms with Crippen LogP contribution in [0.4, 0.5) is 0 Å². The minimum atomic E-state index is 0.329. The second-order valence-electron chi connectivity index (χ2n) is 6.24. The predicted molar refractivity (Wildman–Crippen MR) is 84.9 cm³/mol. The second kappa shape index (κ2) is 4.76. The first-order valence-electron chi connectivity index (χ1n) is 7.79. The molecule has 1 N–H and O–H groups in total. The Balaban J connectivity index is 1.61. The quantitative estimate of drug-likeness (QED) is 0.898. The molecule has 0 radical (unpaired) electrons. The van der Waals surface area contributed by atoms with Crippen LogP contribution in [0.25, 0.3) is 16.5 Å². The highest BCUT2D eigenvalue weighted by molar-refractivity contribution is 5.94. The second-order valence-corrected chi connectivity index (χ2v) is 6.24. The van der Waals surface area contributed by atoms with Gasteiger partial charge in [-0.2, -0.15) is 0 Å². The van der Waals surface area contributed by atoms with Gasteiger partial charge in [0, 0.05) is 41.7 Å². The first-order chi connectivity index (χ1) is 10.2. The lowest BCUT2D eigenvalue weighted by atomic mass is 9.98. The van der Waals surface area contributed by atoms with Crippen molar-refractivity contribution in [3.05, 3.63) is 41.6 Å². The van der Waals surface area contributed by atoms with Crippen molar-refractivity contribution < 1.29 is 4.79 Å². The van der Waals surface area contributed by atoms with Crippen LogP contribution in [0.2, 0.25) is 0 Å². The molecular weight excluding hydrogens is 260 g/mol. The van der Waals surface area contributed by atoms with Gasteiger partial charge >= 0.3 is 0 Å². The Hall–Kier alpha value is -2.03. The highest BCUT2D eigenvalue weighted by atomic mass is 16.2. The number of carbonyl (C=O) groups excluding carboxylic acids is 1. The standard InChI is InChI=1S/C18H20N2O/c1-12-3-2-4-15-16(11-19-17(12)15)13-7-9-20(10-8-13)18(21)14-5-6-14/h2-4,7,11,14,19H,5-6,8-10H2,1H3. The number of carbonyl (C=O) groups is 1. The topological polar surface area (TPSA) is 36.1 Å². The maximum Gasteiger partial charge on any atom is 0.225 e. The van der Waals surface area contributed by atoms with Gasteiger partial charge in [0.1, 0.15) is 0 Å². The number of para-hydroxylation sites is 1. The molecule has 3 nitrogen and oxygen atoms in total. The highest BCUT2D eigenvalue weighted by Gasteiger charge is 2.33. The molecule has 0 atom stereocenters. The van der Waals surface area contributed by atoms with Crippen LogP contribution >= 0.6 is 0 Å². The molecule has 0 unspecified atom stereocenters. The van der Waals surface area contributed by atoms with E-state index in [1.807, 2.05) is 4.90 Å². The fourth-order valence-electron chi connectivity index (χ4n) is 3.27. The summed E-state index contributed by atoms with van der Waals surface area (Å²) in [5.41, 5.74) is 5.17. The van der Waals surface area contributed by atoms with Crippen LogP contribution in [-0.4, -0.2) is 28.9 Å². The first kappa shape index (κ1) is 12.7. The number of aryl methyl sites for hydroxylation is 1. The molecule has 21 heavy (non-hydrogen) atoms. The van der Waals surface area contributed by atoms with Gasteiger partial charge in [0.15, 0.2) is 0 Å². The van der Waals surface area contributed by atoms with E-state index in [0.717, 1.165) is 32.4 Å². The lowest BCUT2D eigenvalue weighted by Gasteiger charge is -2.26. The molecule has 0 saturated heterocycles. The summed E-state index contributed by atoms with van der Waals surface area (Å²) in [5.74, 6) is 0.691. The third-order valence-electron chi connectivity index (χ3n) is 4.72. The number of nitrogens with zero attached hydrogens (tertiary/aromatic N) is 1. The number of hydrogen-bond donors (Lipinski definition) is 1. The zero-order valence-corrected chi connectivity index (χ0v) is 12.4. The van der Waals surface area contributed by atoms with E-state index in [9.17, 15) is 4.79 Å². The highest BCUT2D eigenvalue weighted by Crippen LogP contribution is 2.34. The number of amides is 1. The number of nitrogens with one attached hydrogen (secondary N) is 1. The van der Waals surface area contributed by atoms with Gasteiger partial charge in [0.05, 0.1) is 0 Å². The Labute approximate surface area is 124 Å². The lowest BCUT2D eigenvalue weighted by Crippen LogP contribution is -2.35. The van der Waals surface area contributed by atoms with E-state index >= 15 is 0 Å². The summed E-state index contributed by atoms with van der Waals surface area (Å²) in [6.45, 7) is 3.76. The molecule has 1 amide bonds. The smallest absolute Gasteiger partial charge is 0.225 e. The Morgan fingerprint density at radius 2 is 2.19 bits per heavy atom. The van der Waals surface area contributed by atoms with Gasteiger partial charge < -0.3 is 9.88 Å². The van der Waals surface area contributed by atoms with E-state index in [0.29, 0.717) is 11.8 Å². The largest absolute Gasteiger partial charge is 0.360 e. The maximum absolute atomic E-state index is 12.1. The van der Waals surface area contributed by atoms with E-state index < -0.39 is 0 Å². The molecule has 2 heterocycles. The Kier molecular flexibility index (Phi) is 2.88. The number of aromatic nitrogens is 1. The summed E-state index contributed by atoms with van der Waals surface area (Å²) in [6.07, 6.45) is 7.48. The first-order valence-corrected chi connectivity index (χ1v) is 7.79. The van der Waals surface area contributed by atoms with E-state index in [2.05, 4.69) is 42.4 Å². The van der Waals surface area contributed by atoms with Crippen LogP contribution < -0.4 is 0 Å². The molecular formula is C18H20N2O. The zero-order chi connectivity index (χ0) is 14.4. The Morgan fingerprint density at radius 3 is 2.90 bits per heavy atom. The molecule has 1 aliphatic carbocycles. The predicted octanol–water partition coefficient (Wildman–Crippen LogP) is 3.50. The molecule has 1 aliphatic heterocycles. The summed E-state index contributed by atoms with van der Waals surface area (Å²) in [4.78, 5) is 17.5. The third kappa shape index (κ3) is 2.17. The summed E-state index contributed by atoms with van der Waals surface area (Å²) >= 11 is 0. The number of hydrogen-bond acceptors (Lipinski definition) is 1. The van der Waals surface area contributed by atoms with Gasteiger partial charge in [-0.05, 0) is 37.3 Å². The number of aromatic amines is 1. The van der Waals surface area contributed by atoms with Crippen LogP contribution in [0.3, 0.4) is 0 Å². The van der Waals surface area contributed by atoms with Crippen molar-refractivity contribution in [3.8, 4) is 0 Å². The molecule has 4 rings (SSSR count). The fraction of sp³-hybridized carbons (Fsp3) is 0.389. The van der Waals surface area contributed by atoms with Gasteiger partial charge in [-0.1, -0.05) is 24.3 Å². The van der Waals surface area contributed by atoms with E-state index in [4.69, 9.17) is 0 Å². The van der Waals surface area contributed by atoms with Gasteiger partial charge in [-0.15, -0.1) is 0 Å². The average molecular weight is 280 g/mol. The molecule has 0 spiro atoms. The van der Waals surface area contributed by atoms with Crippen LogP contribution in [0.5, 0.6) is 0 Å². The monoisotopic (exact) mass is 280 g/mol. The molecule has 108 valence electrons. The number of benzene rings is 1. The minimum Gasteiger partial charge on any atom is -0.360 e. The minimum absolute atomic E-state index is 0.329. The maximum atomic E-state index is 12.1. The Morgan fingerprint density at radius 1 is 1.33 bits per heavy atom. The van der Waals surface area contributed by atoms with Crippen molar-refractivity contribution in [1.29, 1.82) is 0 Å². The van der Waals surface area contributed by atoms with Crippen LogP contribution in [0.15, 0.2) is 30.5 Å². The van der Waals surface area contributed by atoms with Gasteiger partial charge in [-0.25, -0.2) is 0 Å². The third-order valence-corrected chi connectivity index (χ3v) is 4.72. The fourth-order valence-corrected chi connectivity index (χ4v) is 3.27. The SMILES string of the molecule is Cc1cccc2c(C3=CCN(C(=O)C4CC4)CC3)c[nH]c12. The molecule has 1 aromatic carbocycles. The van der Waals surface area contributed by atoms with Crippen LogP contribution in [0.1, 0.15) is 30.4 Å². The summed E-state index contributed by atoms with van der Waals surface area (Å²) in [7, 11) is 0. The van der Waals surface area contributed by atoms with Gasteiger partial charge in [0.25, 0.3) is 0 Å². The molecule has 2 aliphatic rings. The van der Waals surface area contributed by atoms with E-state index in [1.54, 1.807) is 0 Å². The lowest BCUT2D eigenvalue weighted by molar-refractivity contribution is -0.132. The molecule has 1 aromatic heterocycles. The summed E-state index contributed by atoms with van der Waals surface area (Å²) < 4.78 is 0. The van der Waals surface area contributed by atoms with Crippen molar-refractivity contribution in [3.63, 3.8) is 0 Å². The molecule has 2 aromatic rings.